The zero-order valence-electron chi connectivity index (χ0n) is 16.0. The minimum Gasteiger partial charge on any atom is -0.372 e. The third-order valence-corrected chi connectivity index (χ3v) is 5.21. The van der Waals surface area contributed by atoms with Gasteiger partial charge >= 0.3 is 0 Å². The van der Waals surface area contributed by atoms with Crippen molar-refractivity contribution in [1.82, 2.24) is 4.90 Å². The van der Waals surface area contributed by atoms with Crippen LogP contribution in [0.25, 0.3) is 0 Å². The average Bonchev–Trinajstić information content (AvgIpc) is 2.77. The number of amides is 1. The number of nitrogens with zero attached hydrogens (tertiary/aromatic N) is 2. The van der Waals surface area contributed by atoms with Gasteiger partial charge in [0.25, 0.3) is 0 Å². The van der Waals surface area contributed by atoms with E-state index in [0.717, 1.165) is 12.1 Å². The summed E-state index contributed by atoms with van der Waals surface area (Å²) in [5.41, 5.74) is 9.78. The van der Waals surface area contributed by atoms with Crippen LogP contribution in [0.2, 0.25) is 0 Å². The first-order valence-corrected chi connectivity index (χ1v) is 8.89. The Morgan fingerprint density at radius 3 is 2.33 bits per heavy atom. The molecule has 0 saturated heterocycles. The van der Waals surface area contributed by atoms with Crippen LogP contribution in [0.1, 0.15) is 31.0 Å². The number of rotatable bonds is 3. The number of para-hydroxylation sites is 1. The van der Waals surface area contributed by atoms with Crippen LogP contribution in [-0.4, -0.2) is 30.4 Å². The van der Waals surface area contributed by atoms with Gasteiger partial charge < -0.3 is 15.5 Å². The van der Waals surface area contributed by atoms with E-state index < -0.39 is 0 Å². The molecule has 4 nitrogen and oxygen atoms in total. The van der Waals surface area contributed by atoms with Gasteiger partial charge in [0, 0.05) is 37.9 Å². The molecule has 0 aromatic heterocycles. The Hall–Kier alpha value is -1.75. The lowest BCUT2D eigenvalue weighted by Gasteiger charge is -2.32. The van der Waals surface area contributed by atoms with Crippen LogP contribution in [0.5, 0.6) is 0 Å². The monoisotopic (exact) mass is 409 g/mol. The minimum absolute atomic E-state index is 0. The van der Waals surface area contributed by atoms with Crippen molar-refractivity contribution < 1.29 is 4.79 Å². The summed E-state index contributed by atoms with van der Waals surface area (Å²) in [4.78, 5) is 17.4. The molecule has 2 aromatic carbocycles. The van der Waals surface area contributed by atoms with Crippen molar-refractivity contribution in [2.24, 2.45) is 11.7 Å². The number of carbonyl (C=O) groups is 1. The SMILES string of the molecule is CC(C(=O)N1Cc2ccccc2N(C)CC1C)C(N)c1ccccc1.Cl.Cl. The summed E-state index contributed by atoms with van der Waals surface area (Å²) in [6, 6.07) is 18.0. The number of nitrogens with two attached hydrogens (primary N) is 1. The topological polar surface area (TPSA) is 49.6 Å². The molecule has 1 aliphatic heterocycles. The average molecular weight is 410 g/mol. The third-order valence-electron chi connectivity index (χ3n) is 5.21. The molecule has 6 heteroatoms. The molecule has 0 bridgehead atoms. The van der Waals surface area contributed by atoms with Gasteiger partial charge in [0.15, 0.2) is 0 Å². The smallest absolute Gasteiger partial charge is 0.227 e. The molecule has 3 atom stereocenters. The van der Waals surface area contributed by atoms with E-state index in [2.05, 4.69) is 31.0 Å². The number of hydrogen-bond acceptors (Lipinski definition) is 3. The second kappa shape index (κ2) is 9.98. The lowest BCUT2D eigenvalue weighted by Crippen LogP contribution is -2.46. The van der Waals surface area contributed by atoms with Crippen molar-refractivity contribution in [3.8, 4) is 0 Å². The summed E-state index contributed by atoms with van der Waals surface area (Å²) in [7, 11) is 2.09. The molecule has 2 N–H and O–H groups in total. The zero-order chi connectivity index (χ0) is 18.0. The van der Waals surface area contributed by atoms with E-state index in [4.69, 9.17) is 5.73 Å². The van der Waals surface area contributed by atoms with Crippen molar-refractivity contribution >= 4 is 36.4 Å². The van der Waals surface area contributed by atoms with Crippen LogP contribution in [0.15, 0.2) is 54.6 Å². The Kier molecular flexibility index (Phi) is 8.60. The van der Waals surface area contributed by atoms with E-state index in [1.807, 2.05) is 54.3 Å². The fourth-order valence-electron chi connectivity index (χ4n) is 3.62. The molecule has 2 aromatic rings. The fourth-order valence-corrected chi connectivity index (χ4v) is 3.62. The maximum Gasteiger partial charge on any atom is 0.227 e. The van der Waals surface area contributed by atoms with Crippen LogP contribution >= 0.6 is 24.8 Å². The van der Waals surface area contributed by atoms with Crippen LogP contribution in [-0.2, 0) is 11.3 Å². The summed E-state index contributed by atoms with van der Waals surface area (Å²) < 4.78 is 0. The molecule has 27 heavy (non-hydrogen) atoms. The van der Waals surface area contributed by atoms with Crippen LogP contribution < -0.4 is 10.6 Å². The van der Waals surface area contributed by atoms with Crippen molar-refractivity contribution in [3.05, 3.63) is 65.7 Å². The second-order valence-corrected chi connectivity index (χ2v) is 7.05. The summed E-state index contributed by atoms with van der Waals surface area (Å²) in [6.45, 7) is 5.50. The first kappa shape index (κ1) is 23.3. The van der Waals surface area contributed by atoms with Gasteiger partial charge in [0.05, 0.1) is 5.92 Å². The van der Waals surface area contributed by atoms with Crippen molar-refractivity contribution in [2.45, 2.75) is 32.5 Å². The van der Waals surface area contributed by atoms with Gasteiger partial charge in [-0.2, -0.15) is 0 Å². The van der Waals surface area contributed by atoms with E-state index in [9.17, 15) is 4.79 Å². The number of fused-ring (bicyclic) bond motifs is 1. The molecule has 3 unspecified atom stereocenters. The van der Waals surface area contributed by atoms with Crippen molar-refractivity contribution in [1.29, 1.82) is 0 Å². The summed E-state index contributed by atoms with van der Waals surface area (Å²) in [5.74, 6) is -0.144. The maximum atomic E-state index is 13.2. The summed E-state index contributed by atoms with van der Waals surface area (Å²) in [5, 5.41) is 0. The maximum absolute atomic E-state index is 13.2. The zero-order valence-corrected chi connectivity index (χ0v) is 17.7. The largest absolute Gasteiger partial charge is 0.372 e. The normalized spacial score (nSPS) is 18.3. The highest BCUT2D eigenvalue weighted by Crippen LogP contribution is 2.29. The highest BCUT2D eigenvalue weighted by Gasteiger charge is 2.32. The molecule has 1 amide bonds. The van der Waals surface area contributed by atoms with Crippen LogP contribution in [0, 0.1) is 5.92 Å². The highest BCUT2D eigenvalue weighted by molar-refractivity contribution is 5.85. The summed E-state index contributed by atoms with van der Waals surface area (Å²) >= 11 is 0. The molecule has 148 valence electrons. The van der Waals surface area contributed by atoms with Gasteiger partial charge in [0.1, 0.15) is 0 Å². The first-order valence-electron chi connectivity index (χ1n) is 8.89. The van der Waals surface area contributed by atoms with Gasteiger partial charge in [-0.15, -0.1) is 24.8 Å². The van der Waals surface area contributed by atoms with E-state index in [0.29, 0.717) is 6.54 Å². The Bertz CT molecular complexity index is 741. The minimum atomic E-state index is -0.294. The van der Waals surface area contributed by atoms with Gasteiger partial charge in [-0.3, -0.25) is 4.79 Å². The number of hydrogen-bond donors (Lipinski definition) is 1. The molecule has 0 fully saturated rings. The Labute approximate surface area is 174 Å². The number of benzene rings is 2. The van der Waals surface area contributed by atoms with Crippen molar-refractivity contribution in [2.75, 3.05) is 18.5 Å². The molecule has 1 heterocycles. The number of carbonyl (C=O) groups excluding carboxylic acids is 1. The summed E-state index contributed by atoms with van der Waals surface area (Å²) in [6.07, 6.45) is 0. The Morgan fingerprint density at radius 1 is 1.07 bits per heavy atom. The Balaban J connectivity index is 0.00000182. The van der Waals surface area contributed by atoms with E-state index in [1.165, 1.54) is 11.3 Å². The molecule has 1 aliphatic rings. The molecule has 0 aliphatic carbocycles. The number of anilines is 1. The van der Waals surface area contributed by atoms with Crippen molar-refractivity contribution in [3.63, 3.8) is 0 Å². The fraction of sp³-hybridized carbons (Fsp3) is 0.381. The molecule has 0 spiro atoms. The van der Waals surface area contributed by atoms with Crippen LogP contribution in [0.4, 0.5) is 5.69 Å². The standard InChI is InChI=1S/C21H27N3O.2ClH/c1-15-13-23(3)19-12-8-7-11-18(19)14-24(15)21(25)16(2)20(22)17-9-5-4-6-10-17;;/h4-12,15-16,20H,13-14,22H2,1-3H3;2*1H. The van der Waals surface area contributed by atoms with E-state index in [1.54, 1.807) is 0 Å². The highest BCUT2D eigenvalue weighted by atomic mass is 35.5. The number of halogens is 2. The van der Waals surface area contributed by atoms with Gasteiger partial charge in [-0.1, -0.05) is 55.5 Å². The third kappa shape index (κ3) is 4.95. The van der Waals surface area contributed by atoms with Crippen LogP contribution in [0.3, 0.4) is 0 Å². The second-order valence-electron chi connectivity index (χ2n) is 7.05. The van der Waals surface area contributed by atoms with Gasteiger partial charge in [-0.25, -0.2) is 0 Å². The first-order chi connectivity index (χ1) is 12.0. The quantitative estimate of drug-likeness (QED) is 0.831. The predicted octanol–water partition coefficient (Wildman–Crippen LogP) is 4.03. The molecular weight excluding hydrogens is 381 g/mol. The molecule has 0 radical (unpaired) electrons. The molecule has 0 saturated carbocycles. The van der Waals surface area contributed by atoms with E-state index >= 15 is 0 Å². The number of likely N-dealkylation sites (N-methyl/N-ethyl adjacent to an activating group) is 1. The van der Waals surface area contributed by atoms with Gasteiger partial charge in [0.2, 0.25) is 5.91 Å². The van der Waals surface area contributed by atoms with Gasteiger partial charge in [-0.05, 0) is 24.1 Å². The lowest BCUT2D eigenvalue weighted by atomic mass is 9.93. The Morgan fingerprint density at radius 2 is 1.67 bits per heavy atom. The molecule has 3 rings (SSSR count). The molecular formula is C21H29Cl2N3O. The lowest BCUT2D eigenvalue weighted by molar-refractivity contribution is -0.138. The predicted molar refractivity (Wildman–Crippen MR) is 117 cm³/mol. The van der Waals surface area contributed by atoms with E-state index in [-0.39, 0.29) is 48.7 Å².